The summed E-state index contributed by atoms with van der Waals surface area (Å²) < 4.78 is 0. The first-order valence-electron chi connectivity index (χ1n) is 3.72. The van der Waals surface area contributed by atoms with Gasteiger partial charge >= 0.3 is 0 Å². The molecule has 8 heteroatoms. The number of hydrazone groups is 1. The number of rotatable bonds is 5. The van der Waals surface area contributed by atoms with Crippen LogP contribution in [0.15, 0.2) is 5.10 Å². The van der Waals surface area contributed by atoms with Gasteiger partial charge in [0.1, 0.15) is 18.3 Å². The molecule has 7 nitrogen and oxygen atoms in total. The third kappa shape index (κ3) is 5.04. The minimum atomic E-state index is -1.52. The van der Waals surface area contributed by atoms with E-state index in [0.29, 0.717) is 0 Å². The summed E-state index contributed by atoms with van der Waals surface area (Å²) in [4.78, 5) is 0. The second-order valence-electron chi connectivity index (χ2n) is 2.49. The zero-order valence-corrected chi connectivity index (χ0v) is 8.05. The number of nitrogens with zero attached hydrogens (tertiary/aromatic N) is 1. The van der Waals surface area contributed by atoms with E-state index in [0.717, 1.165) is 6.21 Å². The van der Waals surface area contributed by atoms with Crippen LogP contribution in [0, 0.1) is 0 Å². The molecule has 0 radical (unpaired) electrons. The predicted octanol–water partition coefficient (Wildman–Crippen LogP) is -3.12. The summed E-state index contributed by atoms with van der Waals surface area (Å²) in [5, 5.41) is 38.9. The van der Waals surface area contributed by atoms with Gasteiger partial charge in [0.05, 0.1) is 12.8 Å². The second-order valence-corrected chi connectivity index (χ2v) is 2.93. The van der Waals surface area contributed by atoms with Gasteiger partial charge in [0.2, 0.25) is 0 Å². The maximum atomic E-state index is 9.14. The molecule has 0 fully saturated rings. The third-order valence-corrected chi connectivity index (χ3v) is 1.42. The van der Waals surface area contributed by atoms with Crippen LogP contribution in [-0.4, -0.2) is 56.7 Å². The van der Waals surface area contributed by atoms with Gasteiger partial charge in [-0.05, 0) is 12.2 Å². The molecule has 0 rings (SSSR count). The van der Waals surface area contributed by atoms with E-state index in [4.69, 9.17) is 26.2 Å². The summed E-state index contributed by atoms with van der Waals surface area (Å²) in [6.07, 6.45) is -3.46. The Labute approximate surface area is 85.9 Å². The van der Waals surface area contributed by atoms with Gasteiger partial charge < -0.3 is 26.2 Å². The van der Waals surface area contributed by atoms with Gasteiger partial charge in [-0.3, -0.25) is 5.43 Å². The zero-order chi connectivity index (χ0) is 11.1. The van der Waals surface area contributed by atoms with Gasteiger partial charge in [0.15, 0.2) is 5.11 Å². The molecule has 0 aliphatic rings. The van der Waals surface area contributed by atoms with E-state index in [-0.39, 0.29) is 5.11 Å². The number of aliphatic hydroxyl groups is 4. The molecule has 0 aliphatic carbocycles. The van der Waals surface area contributed by atoms with Crippen LogP contribution in [0.5, 0.6) is 0 Å². The lowest BCUT2D eigenvalue weighted by atomic mass is 10.1. The quantitative estimate of drug-likeness (QED) is 0.165. The highest BCUT2D eigenvalue weighted by atomic mass is 32.1. The molecule has 0 heterocycles. The van der Waals surface area contributed by atoms with E-state index in [2.05, 4.69) is 22.7 Å². The summed E-state index contributed by atoms with van der Waals surface area (Å²) in [6, 6.07) is 0. The van der Waals surface area contributed by atoms with Crippen molar-refractivity contribution in [1.82, 2.24) is 5.43 Å². The molecule has 82 valence electrons. The molecular weight excluding hydrogens is 210 g/mol. The fraction of sp³-hybridized carbons (Fsp3) is 0.667. The van der Waals surface area contributed by atoms with E-state index >= 15 is 0 Å². The van der Waals surface area contributed by atoms with E-state index in [1.54, 1.807) is 0 Å². The average molecular weight is 223 g/mol. The summed E-state index contributed by atoms with van der Waals surface area (Å²) in [5.41, 5.74) is 7.17. The van der Waals surface area contributed by atoms with Crippen molar-refractivity contribution >= 4 is 23.5 Å². The Morgan fingerprint density at radius 1 is 1.50 bits per heavy atom. The number of aliphatic hydroxyl groups excluding tert-OH is 4. The molecule has 0 spiro atoms. The Bertz CT molecular complexity index is 213. The standard InChI is InChI=1S/C6H13N3O4S/c7-6(14)9-8-1-3(11)5(13)4(12)2-10/h1,3-5,10-13H,2H2,(H3,7,9,14)/b8-1-/t3-,4+,5-/m0/s1. The lowest BCUT2D eigenvalue weighted by molar-refractivity contribution is -0.0542. The highest BCUT2D eigenvalue weighted by Gasteiger charge is 2.22. The summed E-state index contributed by atoms with van der Waals surface area (Å²) in [5.74, 6) is 0. The van der Waals surface area contributed by atoms with E-state index in [1.807, 2.05) is 0 Å². The topological polar surface area (TPSA) is 131 Å². The number of thiocarbonyl (C=S) groups is 1. The Morgan fingerprint density at radius 3 is 2.50 bits per heavy atom. The fourth-order valence-electron chi connectivity index (χ4n) is 0.601. The van der Waals surface area contributed by atoms with Crippen molar-refractivity contribution in [2.45, 2.75) is 18.3 Å². The van der Waals surface area contributed by atoms with E-state index in [9.17, 15) is 0 Å². The van der Waals surface area contributed by atoms with Gasteiger partial charge in [-0.25, -0.2) is 0 Å². The molecule has 0 unspecified atom stereocenters. The van der Waals surface area contributed by atoms with Crippen LogP contribution in [0.4, 0.5) is 0 Å². The maximum absolute atomic E-state index is 9.14. The SMILES string of the molecule is NC(=S)N/N=C\[C@H](O)[C@H](O)[C@H](O)CO. The lowest BCUT2D eigenvalue weighted by Crippen LogP contribution is -2.40. The van der Waals surface area contributed by atoms with E-state index in [1.165, 1.54) is 0 Å². The monoisotopic (exact) mass is 223 g/mol. The van der Waals surface area contributed by atoms with Gasteiger partial charge in [-0.1, -0.05) is 0 Å². The highest BCUT2D eigenvalue weighted by Crippen LogP contribution is 1.97. The molecule has 0 aromatic carbocycles. The minimum absolute atomic E-state index is 0.0920. The first kappa shape index (κ1) is 13.2. The van der Waals surface area contributed by atoms with Crippen LogP contribution < -0.4 is 11.2 Å². The van der Waals surface area contributed by atoms with Gasteiger partial charge in [-0.2, -0.15) is 5.10 Å². The van der Waals surface area contributed by atoms with Gasteiger partial charge in [0, 0.05) is 0 Å². The van der Waals surface area contributed by atoms with Gasteiger partial charge in [-0.15, -0.1) is 0 Å². The first-order chi connectivity index (χ1) is 6.49. The Morgan fingerprint density at radius 2 is 2.07 bits per heavy atom. The van der Waals surface area contributed by atoms with Crippen LogP contribution in [0.1, 0.15) is 0 Å². The van der Waals surface area contributed by atoms with Crippen LogP contribution in [-0.2, 0) is 0 Å². The molecule has 0 aliphatic heterocycles. The van der Waals surface area contributed by atoms with Crippen molar-refractivity contribution in [1.29, 1.82) is 0 Å². The number of nitrogens with one attached hydrogen (secondary N) is 1. The van der Waals surface area contributed by atoms with Crippen LogP contribution in [0.25, 0.3) is 0 Å². The molecule has 3 atom stereocenters. The first-order valence-corrected chi connectivity index (χ1v) is 4.13. The van der Waals surface area contributed by atoms with Crippen molar-refractivity contribution in [2.24, 2.45) is 10.8 Å². The largest absolute Gasteiger partial charge is 0.394 e. The maximum Gasteiger partial charge on any atom is 0.184 e. The molecule has 0 saturated heterocycles. The molecule has 14 heavy (non-hydrogen) atoms. The Hall–Kier alpha value is -0.800. The Kier molecular flexibility index (Phi) is 6.25. The van der Waals surface area contributed by atoms with Crippen LogP contribution >= 0.6 is 12.2 Å². The highest BCUT2D eigenvalue weighted by molar-refractivity contribution is 7.80. The van der Waals surface area contributed by atoms with Crippen molar-refractivity contribution < 1.29 is 20.4 Å². The van der Waals surface area contributed by atoms with Crippen molar-refractivity contribution in [2.75, 3.05) is 6.61 Å². The van der Waals surface area contributed by atoms with Gasteiger partial charge in [0.25, 0.3) is 0 Å². The molecule has 0 bridgehead atoms. The number of hydrogen-bond acceptors (Lipinski definition) is 6. The average Bonchev–Trinajstić information content (AvgIpc) is 2.14. The normalized spacial score (nSPS) is 17.7. The molecule has 7 N–H and O–H groups in total. The van der Waals surface area contributed by atoms with Crippen LogP contribution in [0.3, 0.4) is 0 Å². The van der Waals surface area contributed by atoms with Crippen molar-refractivity contribution in [3.05, 3.63) is 0 Å². The zero-order valence-electron chi connectivity index (χ0n) is 7.24. The van der Waals surface area contributed by atoms with Crippen molar-refractivity contribution in [3.8, 4) is 0 Å². The van der Waals surface area contributed by atoms with E-state index < -0.39 is 24.9 Å². The predicted molar refractivity (Wildman–Crippen MR) is 53.5 cm³/mol. The minimum Gasteiger partial charge on any atom is -0.394 e. The van der Waals surface area contributed by atoms with Crippen LogP contribution in [0.2, 0.25) is 0 Å². The number of nitrogens with two attached hydrogens (primary N) is 1. The fourth-order valence-corrected chi connectivity index (χ4v) is 0.654. The summed E-state index contributed by atoms with van der Waals surface area (Å²) in [7, 11) is 0. The van der Waals surface area contributed by atoms with Crippen molar-refractivity contribution in [3.63, 3.8) is 0 Å². The number of hydrogen-bond donors (Lipinski definition) is 6. The second kappa shape index (κ2) is 6.62. The molecule has 0 aromatic heterocycles. The molecule has 0 amide bonds. The third-order valence-electron chi connectivity index (χ3n) is 1.33. The molecule has 0 saturated carbocycles. The lowest BCUT2D eigenvalue weighted by Gasteiger charge is -2.17. The summed E-state index contributed by atoms with van der Waals surface area (Å²) >= 11 is 4.41. The molecule has 0 aromatic rings. The molecular formula is C6H13N3O4S. The Balaban J connectivity index is 3.99. The smallest absolute Gasteiger partial charge is 0.184 e. The summed E-state index contributed by atoms with van der Waals surface area (Å²) in [6.45, 7) is -0.658.